The van der Waals surface area contributed by atoms with Crippen LogP contribution in [-0.4, -0.2) is 6.03 Å². The summed E-state index contributed by atoms with van der Waals surface area (Å²) in [5.74, 6) is 0. The van der Waals surface area contributed by atoms with Gasteiger partial charge in [-0.2, -0.15) is 0 Å². The zero-order valence-corrected chi connectivity index (χ0v) is 13.8. The highest BCUT2D eigenvalue weighted by atomic mass is 35.5. The Bertz CT molecular complexity index is 712. The Labute approximate surface area is 143 Å². The molecule has 6 heteroatoms. The third-order valence-corrected chi connectivity index (χ3v) is 4.49. The summed E-state index contributed by atoms with van der Waals surface area (Å²) in [6.07, 6.45) is 1.79. The monoisotopic (exact) mass is 354 g/mol. The summed E-state index contributed by atoms with van der Waals surface area (Å²) in [7, 11) is 0. The minimum Gasteiger partial charge on any atom is -0.328 e. The van der Waals surface area contributed by atoms with Crippen LogP contribution < -0.4 is 10.6 Å². The quantitative estimate of drug-likeness (QED) is 0.754. The van der Waals surface area contributed by atoms with Crippen LogP contribution in [0.5, 0.6) is 0 Å². The zero-order valence-electron chi connectivity index (χ0n) is 11.5. The van der Waals surface area contributed by atoms with Gasteiger partial charge in [-0.25, -0.2) is 4.79 Å². The summed E-state index contributed by atoms with van der Waals surface area (Å²) in [6, 6.07) is 12.1. The molecule has 0 aromatic heterocycles. The molecule has 2 N–H and O–H groups in total. The van der Waals surface area contributed by atoms with E-state index in [1.54, 1.807) is 18.2 Å². The first kappa shape index (κ1) is 15.5. The van der Waals surface area contributed by atoms with Gasteiger partial charge in [0.05, 0.1) is 16.2 Å². The van der Waals surface area contributed by atoms with E-state index < -0.39 is 0 Å². The van der Waals surface area contributed by atoms with Crippen molar-refractivity contribution in [1.29, 1.82) is 0 Å². The molecule has 0 radical (unpaired) electrons. The Morgan fingerprint density at radius 1 is 0.955 bits per heavy atom. The smallest absolute Gasteiger partial charge is 0.319 e. The molecular formula is C16H13Cl3N2O. The van der Waals surface area contributed by atoms with Crippen molar-refractivity contribution >= 4 is 46.5 Å². The molecule has 1 aliphatic carbocycles. The van der Waals surface area contributed by atoms with Gasteiger partial charge in [-0.1, -0.05) is 46.9 Å². The third-order valence-electron chi connectivity index (χ3n) is 3.68. The maximum absolute atomic E-state index is 12.2. The van der Waals surface area contributed by atoms with Crippen molar-refractivity contribution in [2.45, 2.75) is 18.4 Å². The van der Waals surface area contributed by atoms with E-state index in [9.17, 15) is 4.79 Å². The molecule has 0 aliphatic heterocycles. The van der Waals surface area contributed by atoms with Crippen LogP contribution in [0, 0.1) is 0 Å². The molecule has 2 amide bonds. The van der Waals surface area contributed by atoms with Gasteiger partial charge >= 0.3 is 6.03 Å². The molecule has 114 valence electrons. The van der Waals surface area contributed by atoms with Gasteiger partial charge in [0.2, 0.25) is 0 Å². The molecule has 2 aromatic rings. The van der Waals surface area contributed by atoms with Crippen LogP contribution in [0.25, 0.3) is 0 Å². The van der Waals surface area contributed by atoms with Gasteiger partial charge in [0.15, 0.2) is 0 Å². The molecule has 3 nitrogen and oxygen atoms in total. The normalized spacial score (nSPS) is 15.2. The molecule has 0 unspecified atom stereocenters. The van der Waals surface area contributed by atoms with Crippen molar-refractivity contribution in [2.75, 3.05) is 5.32 Å². The Morgan fingerprint density at radius 3 is 2.23 bits per heavy atom. The van der Waals surface area contributed by atoms with E-state index in [0.717, 1.165) is 18.4 Å². The fraction of sp³-hybridized carbons (Fsp3) is 0.188. The highest BCUT2D eigenvalue weighted by Crippen LogP contribution is 2.45. The minimum absolute atomic E-state index is 0.309. The lowest BCUT2D eigenvalue weighted by atomic mass is 10.1. The number of benzene rings is 2. The summed E-state index contributed by atoms with van der Waals surface area (Å²) in [6.45, 7) is 0. The van der Waals surface area contributed by atoms with Gasteiger partial charge in [0.25, 0.3) is 0 Å². The van der Waals surface area contributed by atoms with Crippen LogP contribution in [0.4, 0.5) is 10.5 Å². The summed E-state index contributed by atoms with van der Waals surface area (Å²) in [4.78, 5) is 12.2. The first-order chi connectivity index (χ1) is 10.5. The second-order valence-corrected chi connectivity index (χ2v) is 6.57. The van der Waals surface area contributed by atoms with Crippen LogP contribution in [-0.2, 0) is 5.54 Å². The molecule has 0 atom stereocenters. The first-order valence-corrected chi connectivity index (χ1v) is 7.92. The minimum atomic E-state index is -0.320. The second kappa shape index (κ2) is 5.99. The number of nitrogens with one attached hydrogen (secondary N) is 2. The molecule has 0 heterocycles. The van der Waals surface area contributed by atoms with Gasteiger partial charge < -0.3 is 10.6 Å². The fourth-order valence-corrected chi connectivity index (χ4v) is 2.81. The Kier molecular flexibility index (Phi) is 4.22. The Hall–Kier alpha value is -1.42. The lowest BCUT2D eigenvalue weighted by molar-refractivity contribution is 0.247. The Balaban J connectivity index is 1.71. The average Bonchev–Trinajstić information content (AvgIpc) is 3.24. The van der Waals surface area contributed by atoms with E-state index in [-0.39, 0.29) is 11.6 Å². The van der Waals surface area contributed by atoms with Gasteiger partial charge in [0, 0.05) is 10.0 Å². The van der Waals surface area contributed by atoms with Gasteiger partial charge in [0.1, 0.15) is 0 Å². The molecule has 22 heavy (non-hydrogen) atoms. The van der Waals surface area contributed by atoms with Crippen LogP contribution in [0.2, 0.25) is 15.1 Å². The van der Waals surface area contributed by atoms with Crippen molar-refractivity contribution in [3.8, 4) is 0 Å². The van der Waals surface area contributed by atoms with E-state index in [4.69, 9.17) is 34.8 Å². The molecule has 0 saturated heterocycles. The molecule has 1 aliphatic rings. The molecule has 0 spiro atoms. The van der Waals surface area contributed by atoms with Crippen LogP contribution in [0.3, 0.4) is 0 Å². The highest BCUT2D eigenvalue weighted by molar-refractivity contribution is 6.35. The van der Waals surface area contributed by atoms with E-state index >= 15 is 0 Å². The maximum atomic E-state index is 12.2. The van der Waals surface area contributed by atoms with E-state index in [0.29, 0.717) is 20.8 Å². The van der Waals surface area contributed by atoms with Gasteiger partial charge in [-0.15, -0.1) is 0 Å². The third kappa shape index (κ3) is 3.32. The number of urea groups is 1. The second-order valence-electron chi connectivity index (χ2n) is 5.29. The van der Waals surface area contributed by atoms with Gasteiger partial charge in [-0.3, -0.25) is 0 Å². The molecule has 2 aromatic carbocycles. The summed E-state index contributed by atoms with van der Waals surface area (Å²) in [5.41, 5.74) is 1.21. The first-order valence-electron chi connectivity index (χ1n) is 6.79. The highest BCUT2D eigenvalue weighted by Gasteiger charge is 2.45. The summed E-state index contributed by atoms with van der Waals surface area (Å²) in [5, 5.41) is 7.37. The van der Waals surface area contributed by atoms with Crippen molar-refractivity contribution in [3.05, 3.63) is 63.1 Å². The Morgan fingerprint density at radius 2 is 1.59 bits per heavy atom. The number of halogens is 3. The molecule has 1 saturated carbocycles. The topological polar surface area (TPSA) is 41.1 Å². The number of carbonyl (C=O) groups is 1. The van der Waals surface area contributed by atoms with E-state index in [1.807, 2.05) is 24.3 Å². The average molecular weight is 356 g/mol. The number of hydrogen-bond donors (Lipinski definition) is 2. The van der Waals surface area contributed by atoms with E-state index in [1.165, 1.54) is 0 Å². The molecular weight excluding hydrogens is 343 g/mol. The number of anilines is 1. The molecule has 3 rings (SSSR count). The number of rotatable bonds is 3. The predicted molar refractivity (Wildman–Crippen MR) is 91.0 cm³/mol. The van der Waals surface area contributed by atoms with Crippen molar-refractivity contribution in [1.82, 2.24) is 5.32 Å². The van der Waals surface area contributed by atoms with Crippen molar-refractivity contribution < 1.29 is 4.79 Å². The lowest BCUT2D eigenvalue weighted by Gasteiger charge is -2.19. The largest absolute Gasteiger partial charge is 0.328 e. The van der Waals surface area contributed by atoms with Crippen molar-refractivity contribution in [3.63, 3.8) is 0 Å². The zero-order chi connectivity index (χ0) is 15.7. The fourth-order valence-electron chi connectivity index (χ4n) is 2.34. The molecule has 0 bridgehead atoms. The number of hydrogen-bond acceptors (Lipinski definition) is 1. The van der Waals surface area contributed by atoms with Crippen LogP contribution >= 0.6 is 34.8 Å². The SMILES string of the molecule is O=C(Nc1cc(Cl)ccc1Cl)NC1(c2ccc(Cl)cc2)CC1. The molecule has 1 fully saturated rings. The van der Waals surface area contributed by atoms with Crippen LogP contribution in [0.15, 0.2) is 42.5 Å². The van der Waals surface area contributed by atoms with E-state index in [2.05, 4.69) is 10.6 Å². The predicted octanol–water partition coefficient (Wildman–Crippen LogP) is 5.46. The lowest BCUT2D eigenvalue weighted by Crippen LogP contribution is -2.38. The number of amides is 2. The number of carbonyl (C=O) groups excluding carboxylic acids is 1. The maximum Gasteiger partial charge on any atom is 0.319 e. The summed E-state index contributed by atoms with van der Waals surface area (Å²) < 4.78 is 0. The summed E-state index contributed by atoms with van der Waals surface area (Å²) >= 11 is 17.9. The van der Waals surface area contributed by atoms with Crippen molar-refractivity contribution in [2.24, 2.45) is 0 Å². The standard InChI is InChI=1S/C16H13Cl3N2O/c17-11-3-1-10(2-4-11)16(7-8-16)21-15(22)20-14-9-12(18)5-6-13(14)19/h1-6,9H,7-8H2,(H2,20,21,22). The van der Waals surface area contributed by atoms with Gasteiger partial charge in [-0.05, 0) is 48.7 Å². The van der Waals surface area contributed by atoms with Crippen LogP contribution in [0.1, 0.15) is 18.4 Å².